The number of nitrogens with zero attached hydrogens (tertiary/aromatic N) is 2. The zero-order valence-electron chi connectivity index (χ0n) is 11.8. The zero-order chi connectivity index (χ0) is 14.8. The van der Waals surface area contributed by atoms with E-state index in [1.54, 1.807) is 16.2 Å². The van der Waals surface area contributed by atoms with Crippen molar-refractivity contribution < 1.29 is 14.7 Å². The van der Waals surface area contributed by atoms with Gasteiger partial charge < -0.3 is 10.0 Å². The predicted octanol–water partition coefficient (Wildman–Crippen LogP) is 2.35. The van der Waals surface area contributed by atoms with Crippen LogP contribution >= 0.6 is 11.3 Å². The number of aryl methyl sites for hydroxylation is 2. The first-order chi connectivity index (χ1) is 10.1. The Morgan fingerprint density at radius 1 is 1.38 bits per heavy atom. The van der Waals surface area contributed by atoms with Gasteiger partial charge >= 0.3 is 12.0 Å². The lowest BCUT2D eigenvalue weighted by Gasteiger charge is -2.31. The minimum Gasteiger partial charge on any atom is -0.481 e. The number of urea groups is 1. The van der Waals surface area contributed by atoms with Crippen LogP contribution in [0.3, 0.4) is 0 Å². The largest absolute Gasteiger partial charge is 0.481 e. The Balaban J connectivity index is 1.58. The van der Waals surface area contributed by atoms with Crippen molar-refractivity contribution in [3.05, 3.63) is 10.6 Å². The number of rotatable bonds is 3. The Morgan fingerprint density at radius 3 is 3.00 bits per heavy atom. The van der Waals surface area contributed by atoms with Crippen molar-refractivity contribution in [1.29, 1.82) is 0 Å². The molecule has 1 aliphatic carbocycles. The standard InChI is InChI=1S/C14H19N3O3S/c18-12(19)7-9-3-2-6-17(8-9)14(20)16-13-15-10-4-1-5-11(10)21-13/h9H,1-8H2,(H,18,19)(H,15,16,20). The van der Waals surface area contributed by atoms with Crippen LogP contribution in [0.15, 0.2) is 0 Å². The Hall–Kier alpha value is -1.63. The number of hydrogen-bond acceptors (Lipinski definition) is 4. The first kappa shape index (κ1) is 14.3. The fourth-order valence-electron chi connectivity index (χ4n) is 3.08. The fraction of sp³-hybridized carbons (Fsp3) is 0.643. The van der Waals surface area contributed by atoms with Gasteiger partial charge in [-0.05, 0) is 38.0 Å². The van der Waals surface area contributed by atoms with E-state index in [4.69, 9.17) is 5.11 Å². The van der Waals surface area contributed by atoms with Gasteiger partial charge in [-0.1, -0.05) is 0 Å². The van der Waals surface area contributed by atoms with Gasteiger partial charge in [0.05, 0.1) is 5.69 Å². The SMILES string of the molecule is O=C(O)CC1CCCN(C(=O)Nc2nc3c(s2)CCC3)C1. The predicted molar refractivity (Wildman–Crippen MR) is 79.7 cm³/mol. The maximum absolute atomic E-state index is 12.3. The molecule has 2 aliphatic rings. The molecular formula is C14H19N3O3S. The number of carboxylic acid groups (broad SMARTS) is 1. The second-order valence-corrected chi connectivity index (χ2v) is 6.81. The number of carbonyl (C=O) groups excluding carboxylic acids is 1. The van der Waals surface area contributed by atoms with Crippen molar-refractivity contribution >= 4 is 28.5 Å². The van der Waals surface area contributed by atoms with E-state index in [1.807, 2.05) is 0 Å². The van der Waals surface area contributed by atoms with E-state index < -0.39 is 5.97 Å². The van der Waals surface area contributed by atoms with E-state index in [2.05, 4.69) is 10.3 Å². The number of piperidine rings is 1. The quantitative estimate of drug-likeness (QED) is 0.898. The molecular weight excluding hydrogens is 290 g/mol. The molecule has 1 aromatic heterocycles. The molecule has 3 rings (SSSR count). The summed E-state index contributed by atoms with van der Waals surface area (Å²) < 4.78 is 0. The van der Waals surface area contributed by atoms with Gasteiger partial charge in [0.15, 0.2) is 5.13 Å². The van der Waals surface area contributed by atoms with Crippen molar-refractivity contribution in [1.82, 2.24) is 9.88 Å². The lowest BCUT2D eigenvalue weighted by molar-refractivity contribution is -0.138. The molecule has 0 spiro atoms. The molecule has 1 unspecified atom stereocenters. The second-order valence-electron chi connectivity index (χ2n) is 5.72. The number of amides is 2. The number of fused-ring (bicyclic) bond motifs is 1. The third-order valence-corrected chi connectivity index (χ3v) is 5.15. The summed E-state index contributed by atoms with van der Waals surface area (Å²) in [6.07, 6.45) is 5.10. The number of anilines is 1. The van der Waals surface area contributed by atoms with Gasteiger partial charge in [-0.25, -0.2) is 9.78 Å². The Morgan fingerprint density at radius 2 is 2.24 bits per heavy atom. The van der Waals surface area contributed by atoms with E-state index in [9.17, 15) is 9.59 Å². The topological polar surface area (TPSA) is 82.5 Å². The molecule has 6 nitrogen and oxygen atoms in total. The van der Waals surface area contributed by atoms with Crippen molar-refractivity contribution in [3.63, 3.8) is 0 Å². The summed E-state index contributed by atoms with van der Waals surface area (Å²) in [6, 6.07) is -0.155. The molecule has 1 aliphatic heterocycles. The third-order valence-electron chi connectivity index (χ3n) is 4.08. The normalized spacial score (nSPS) is 21.1. The molecule has 0 radical (unpaired) electrons. The van der Waals surface area contributed by atoms with Gasteiger partial charge in [-0.3, -0.25) is 10.1 Å². The van der Waals surface area contributed by atoms with Crippen LogP contribution in [0.2, 0.25) is 0 Å². The van der Waals surface area contributed by atoms with Crippen LogP contribution in [0.25, 0.3) is 0 Å². The van der Waals surface area contributed by atoms with Crippen molar-refractivity contribution in [2.24, 2.45) is 5.92 Å². The number of thiazole rings is 1. The lowest BCUT2D eigenvalue weighted by Crippen LogP contribution is -2.42. The number of aromatic nitrogens is 1. The molecule has 2 heterocycles. The molecule has 7 heteroatoms. The van der Waals surface area contributed by atoms with Crippen molar-refractivity contribution in [2.75, 3.05) is 18.4 Å². The van der Waals surface area contributed by atoms with Gasteiger partial charge in [0, 0.05) is 24.4 Å². The Kier molecular flexibility index (Phi) is 4.10. The maximum Gasteiger partial charge on any atom is 0.323 e. The van der Waals surface area contributed by atoms with Gasteiger partial charge in [0.2, 0.25) is 0 Å². The zero-order valence-corrected chi connectivity index (χ0v) is 12.6. The van der Waals surface area contributed by atoms with Crippen LogP contribution in [0.5, 0.6) is 0 Å². The first-order valence-corrected chi connectivity index (χ1v) is 8.20. The molecule has 114 valence electrons. The van der Waals surface area contributed by atoms with Crippen LogP contribution in [0.1, 0.15) is 36.3 Å². The van der Waals surface area contributed by atoms with Crippen LogP contribution in [0, 0.1) is 5.92 Å². The molecule has 1 atom stereocenters. The van der Waals surface area contributed by atoms with E-state index in [-0.39, 0.29) is 18.4 Å². The highest BCUT2D eigenvalue weighted by molar-refractivity contribution is 7.15. The molecule has 2 N–H and O–H groups in total. The second kappa shape index (κ2) is 6.01. The fourth-order valence-corrected chi connectivity index (χ4v) is 4.12. The molecule has 21 heavy (non-hydrogen) atoms. The summed E-state index contributed by atoms with van der Waals surface area (Å²) in [6.45, 7) is 1.20. The average molecular weight is 309 g/mol. The summed E-state index contributed by atoms with van der Waals surface area (Å²) in [4.78, 5) is 30.5. The van der Waals surface area contributed by atoms with E-state index >= 15 is 0 Å². The van der Waals surface area contributed by atoms with Gasteiger partial charge in [0.1, 0.15) is 0 Å². The highest BCUT2D eigenvalue weighted by Gasteiger charge is 2.26. The monoisotopic (exact) mass is 309 g/mol. The summed E-state index contributed by atoms with van der Waals surface area (Å²) in [5, 5.41) is 12.4. The van der Waals surface area contributed by atoms with Crippen molar-refractivity contribution in [3.8, 4) is 0 Å². The highest BCUT2D eigenvalue weighted by Crippen LogP contribution is 2.30. The smallest absolute Gasteiger partial charge is 0.323 e. The number of carboxylic acids is 1. The molecule has 1 saturated heterocycles. The number of nitrogens with one attached hydrogen (secondary N) is 1. The van der Waals surface area contributed by atoms with Crippen LogP contribution in [-0.4, -0.2) is 40.1 Å². The van der Waals surface area contributed by atoms with Crippen LogP contribution in [-0.2, 0) is 17.6 Å². The molecule has 1 fully saturated rings. The molecule has 0 saturated carbocycles. The highest BCUT2D eigenvalue weighted by atomic mass is 32.1. The van der Waals surface area contributed by atoms with Crippen molar-refractivity contribution in [2.45, 2.75) is 38.5 Å². The van der Waals surface area contributed by atoms with E-state index in [0.29, 0.717) is 18.2 Å². The number of hydrogen-bond donors (Lipinski definition) is 2. The number of likely N-dealkylation sites (tertiary alicyclic amines) is 1. The number of aliphatic carboxylic acids is 1. The van der Waals surface area contributed by atoms with E-state index in [1.165, 1.54) is 4.88 Å². The molecule has 0 bridgehead atoms. The van der Waals surface area contributed by atoms with Crippen LogP contribution in [0.4, 0.5) is 9.93 Å². The minimum absolute atomic E-state index is 0.0586. The van der Waals surface area contributed by atoms with Gasteiger partial charge in [0.25, 0.3) is 0 Å². The van der Waals surface area contributed by atoms with Gasteiger partial charge in [-0.2, -0.15) is 0 Å². The Labute approximate surface area is 127 Å². The number of carbonyl (C=O) groups is 2. The molecule has 1 aromatic rings. The summed E-state index contributed by atoms with van der Waals surface area (Å²) in [7, 11) is 0. The van der Waals surface area contributed by atoms with Crippen LogP contribution < -0.4 is 5.32 Å². The van der Waals surface area contributed by atoms with Gasteiger partial charge in [-0.15, -0.1) is 11.3 Å². The summed E-state index contributed by atoms with van der Waals surface area (Å²) >= 11 is 1.56. The molecule has 2 amide bonds. The summed E-state index contributed by atoms with van der Waals surface area (Å²) in [5.74, 6) is -0.734. The van der Waals surface area contributed by atoms with E-state index in [0.717, 1.165) is 37.8 Å². The average Bonchev–Trinajstić information content (AvgIpc) is 2.99. The minimum atomic E-state index is -0.793. The summed E-state index contributed by atoms with van der Waals surface area (Å²) in [5.41, 5.74) is 1.12. The Bertz CT molecular complexity index is 536. The third kappa shape index (κ3) is 3.34. The first-order valence-electron chi connectivity index (χ1n) is 7.38. The molecule has 0 aromatic carbocycles. The maximum atomic E-state index is 12.3. The lowest BCUT2D eigenvalue weighted by atomic mass is 9.95.